The number of ether oxygens (including phenoxy) is 1. The minimum atomic E-state index is -1.61. The predicted molar refractivity (Wildman–Crippen MR) is 166 cm³/mol. The number of epoxide rings is 1. The Morgan fingerprint density at radius 3 is 1.68 bits per heavy atom. The molecule has 1 aliphatic heterocycles. The summed E-state index contributed by atoms with van der Waals surface area (Å²) in [6, 6.07) is 0. The van der Waals surface area contributed by atoms with Crippen LogP contribution in [0, 0.1) is 0 Å². The maximum Gasteiger partial charge on any atom is 0.191 e. The van der Waals surface area contributed by atoms with Gasteiger partial charge >= 0.3 is 0 Å². The molecule has 1 aliphatic rings. The van der Waals surface area contributed by atoms with Crippen molar-refractivity contribution >= 4 is 16.6 Å². The van der Waals surface area contributed by atoms with Crippen LogP contribution in [0.25, 0.3) is 0 Å². The Morgan fingerprint density at radius 2 is 1.32 bits per heavy atom. The van der Waals surface area contributed by atoms with E-state index < -0.39 is 16.6 Å². The number of nitrogens with two attached hydrogens (primary N) is 1. The molecule has 2 atom stereocenters. The Bertz CT molecular complexity index is 548. The summed E-state index contributed by atoms with van der Waals surface area (Å²) < 4.78 is 17.4. The molecule has 0 aromatic carbocycles. The molecule has 1 heterocycles. The molecule has 0 amide bonds. The van der Waals surface area contributed by atoms with Crippen LogP contribution in [0.15, 0.2) is 0 Å². The number of nitrogens with one attached hydrogen (secondary N) is 1. The molecular formula is C28H66N2O6Si2. The summed E-state index contributed by atoms with van der Waals surface area (Å²) in [6.07, 6.45) is 6.70. The quantitative estimate of drug-likeness (QED) is 0.0953. The first-order chi connectivity index (χ1) is 17.4. The van der Waals surface area contributed by atoms with E-state index in [1.807, 2.05) is 0 Å². The van der Waals surface area contributed by atoms with Crippen LogP contribution in [0.4, 0.5) is 0 Å². The fraction of sp³-hybridized carbons (Fsp3) is 1.00. The molecule has 10 heteroatoms. The van der Waals surface area contributed by atoms with Crippen LogP contribution in [-0.4, -0.2) is 96.8 Å². The normalized spacial score (nSPS) is 16.7. The zero-order chi connectivity index (χ0) is 29.9. The van der Waals surface area contributed by atoms with E-state index in [1.165, 1.54) is 19.3 Å². The molecule has 0 radical (unpaired) electrons. The van der Waals surface area contributed by atoms with Gasteiger partial charge in [0.05, 0.1) is 32.0 Å². The van der Waals surface area contributed by atoms with Crippen LogP contribution in [0.2, 0.25) is 36.3 Å². The Kier molecular flexibility index (Phi) is 22.1. The molecular weight excluding hydrogens is 516 g/mol. The molecule has 0 aromatic rings. The van der Waals surface area contributed by atoms with Gasteiger partial charge in [-0.2, -0.15) is 0 Å². The first-order valence-electron chi connectivity index (χ1n) is 14.6. The van der Waals surface area contributed by atoms with Gasteiger partial charge in [0.2, 0.25) is 0 Å². The highest BCUT2D eigenvalue weighted by Gasteiger charge is 2.37. The number of hydrogen-bond donors (Lipinski definition) is 5. The molecule has 38 heavy (non-hydrogen) atoms. The average Bonchev–Trinajstić information content (AvgIpc) is 3.62. The summed E-state index contributed by atoms with van der Waals surface area (Å²) in [4.78, 5) is 0. The van der Waals surface area contributed by atoms with E-state index in [9.17, 15) is 5.11 Å². The number of rotatable bonds is 17. The molecule has 0 aromatic heterocycles. The number of aliphatic hydroxyl groups is 3. The lowest BCUT2D eigenvalue weighted by atomic mass is 10.1. The van der Waals surface area contributed by atoms with Crippen molar-refractivity contribution in [1.29, 1.82) is 0 Å². The summed E-state index contributed by atoms with van der Waals surface area (Å²) in [5, 5.41) is 29.6. The predicted octanol–water partition coefficient (Wildman–Crippen LogP) is 4.64. The molecule has 0 bridgehead atoms. The maximum atomic E-state index is 9.69. The molecule has 1 rings (SSSR count). The summed E-state index contributed by atoms with van der Waals surface area (Å²) in [5.74, 6) is 0. The monoisotopic (exact) mass is 582 g/mol. The fourth-order valence-corrected chi connectivity index (χ4v) is 4.90. The van der Waals surface area contributed by atoms with E-state index in [1.54, 1.807) is 0 Å². The van der Waals surface area contributed by atoms with E-state index in [0.29, 0.717) is 30.8 Å². The van der Waals surface area contributed by atoms with E-state index in [-0.39, 0.29) is 24.4 Å². The van der Waals surface area contributed by atoms with Gasteiger partial charge in [0.25, 0.3) is 0 Å². The molecule has 2 unspecified atom stereocenters. The van der Waals surface area contributed by atoms with Crippen molar-refractivity contribution in [3.8, 4) is 0 Å². The molecule has 0 saturated carbocycles. The zero-order valence-corrected chi connectivity index (χ0v) is 28.7. The van der Waals surface area contributed by atoms with Gasteiger partial charge in [-0.25, -0.2) is 0 Å². The molecule has 0 spiro atoms. The Hall–Kier alpha value is 0.114. The smallest absolute Gasteiger partial charge is 0.191 e. The maximum absolute atomic E-state index is 9.69. The van der Waals surface area contributed by atoms with Crippen LogP contribution >= 0.6 is 0 Å². The molecule has 1 saturated heterocycles. The van der Waals surface area contributed by atoms with Crippen LogP contribution in [0.3, 0.4) is 0 Å². The third-order valence-electron chi connectivity index (χ3n) is 7.59. The third-order valence-corrected chi connectivity index (χ3v) is 16.7. The first-order valence-corrected chi connectivity index (χ1v) is 20.5. The minimum Gasteiger partial charge on any atom is -0.417 e. The SMILES string of the molecule is CC(C)(C)[Si](C)(C)OCCCCC(O)CNCCO.CC(C)(C)[Si](C)(C)OCCCCC1CO1.NCCO. The highest BCUT2D eigenvalue weighted by Crippen LogP contribution is 2.37. The highest BCUT2D eigenvalue weighted by molar-refractivity contribution is 6.74. The molecule has 8 nitrogen and oxygen atoms in total. The fourth-order valence-electron chi connectivity index (χ4n) is 2.73. The number of aliphatic hydroxyl groups excluding tert-OH is 3. The Morgan fingerprint density at radius 1 is 0.868 bits per heavy atom. The van der Waals surface area contributed by atoms with E-state index >= 15 is 0 Å². The topological polar surface area (TPSA) is 130 Å². The van der Waals surface area contributed by atoms with Crippen LogP contribution < -0.4 is 11.1 Å². The van der Waals surface area contributed by atoms with Crippen LogP contribution in [0.1, 0.15) is 80.1 Å². The van der Waals surface area contributed by atoms with Gasteiger partial charge in [-0.1, -0.05) is 41.5 Å². The Balaban J connectivity index is 0. The molecule has 232 valence electrons. The second-order valence-corrected chi connectivity index (χ2v) is 22.9. The number of hydrogen-bond acceptors (Lipinski definition) is 8. The standard InChI is InChI=1S/C14H33NO3Si.C12H26O2Si.C2H7NO/c1-14(2,3)19(4,5)18-11-7-6-8-13(17)12-15-9-10-16;1-12(2,3)15(4,5)14-9-7-6-8-11-10-13-11;3-1-2-4/h13,15-17H,6-12H2,1-5H3;11H,6-10H2,1-5H3;4H,1-3H2. The largest absolute Gasteiger partial charge is 0.417 e. The van der Waals surface area contributed by atoms with Gasteiger partial charge in [-0.15, -0.1) is 0 Å². The van der Waals surface area contributed by atoms with Gasteiger partial charge in [0, 0.05) is 32.8 Å². The third kappa shape index (κ3) is 21.9. The molecule has 6 N–H and O–H groups in total. The second kappa shape index (κ2) is 20.9. The Labute approximate surface area is 237 Å². The summed E-state index contributed by atoms with van der Waals surface area (Å²) >= 11 is 0. The lowest BCUT2D eigenvalue weighted by molar-refractivity contribution is 0.152. The minimum absolute atomic E-state index is 0.0972. The van der Waals surface area contributed by atoms with Crippen molar-refractivity contribution in [2.45, 2.75) is 129 Å². The molecule has 0 aliphatic carbocycles. The van der Waals surface area contributed by atoms with Gasteiger partial charge in [0.1, 0.15) is 0 Å². The lowest BCUT2D eigenvalue weighted by Crippen LogP contribution is -2.41. The van der Waals surface area contributed by atoms with E-state index in [0.717, 1.165) is 39.1 Å². The van der Waals surface area contributed by atoms with Crippen molar-refractivity contribution < 1.29 is 28.9 Å². The lowest BCUT2D eigenvalue weighted by Gasteiger charge is -2.36. The summed E-state index contributed by atoms with van der Waals surface area (Å²) in [5.41, 5.74) is 4.78. The van der Waals surface area contributed by atoms with Crippen molar-refractivity contribution in [2.24, 2.45) is 5.73 Å². The zero-order valence-electron chi connectivity index (χ0n) is 26.7. The van der Waals surface area contributed by atoms with Gasteiger partial charge in [-0.05, 0) is 74.8 Å². The van der Waals surface area contributed by atoms with Gasteiger partial charge in [0.15, 0.2) is 16.6 Å². The summed E-state index contributed by atoms with van der Waals surface area (Å²) in [6.45, 7) is 27.2. The van der Waals surface area contributed by atoms with Gasteiger partial charge < -0.3 is 40.0 Å². The summed E-state index contributed by atoms with van der Waals surface area (Å²) in [7, 11) is -3.11. The van der Waals surface area contributed by atoms with Gasteiger partial charge in [-0.3, -0.25) is 0 Å². The van der Waals surface area contributed by atoms with E-state index in [4.69, 9.17) is 29.5 Å². The molecule has 1 fully saturated rings. The first kappa shape index (κ1) is 40.3. The van der Waals surface area contributed by atoms with Crippen LogP contribution in [0.5, 0.6) is 0 Å². The van der Waals surface area contributed by atoms with E-state index in [2.05, 4.69) is 73.0 Å². The second-order valence-electron chi connectivity index (χ2n) is 13.3. The van der Waals surface area contributed by atoms with Crippen molar-refractivity contribution in [1.82, 2.24) is 5.32 Å². The van der Waals surface area contributed by atoms with Crippen LogP contribution in [-0.2, 0) is 13.6 Å². The highest BCUT2D eigenvalue weighted by atomic mass is 28.4. The number of unbranched alkanes of at least 4 members (excludes halogenated alkanes) is 2. The average molecular weight is 583 g/mol. The van der Waals surface area contributed by atoms with Crippen molar-refractivity contribution in [2.75, 3.05) is 52.7 Å². The van der Waals surface area contributed by atoms with Crippen molar-refractivity contribution in [3.05, 3.63) is 0 Å². The van der Waals surface area contributed by atoms with Crippen molar-refractivity contribution in [3.63, 3.8) is 0 Å².